The van der Waals surface area contributed by atoms with E-state index in [1.165, 1.54) is 11.8 Å². The fraction of sp³-hybridized carbons (Fsp3) is 0.250. The van der Waals surface area contributed by atoms with E-state index in [1.54, 1.807) is 0 Å². The summed E-state index contributed by atoms with van der Waals surface area (Å²) in [4.78, 5) is 5.34. The summed E-state index contributed by atoms with van der Waals surface area (Å²) in [6, 6.07) is 9.43. The van der Waals surface area contributed by atoms with Crippen LogP contribution >= 0.6 is 11.8 Å². The molecule has 12 heavy (non-hydrogen) atoms. The third kappa shape index (κ3) is 2.81. The molecule has 0 saturated carbocycles. The first kappa shape index (κ1) is 9.51. The van der Waals surface area contributed by atoms with Gasteiger partial charge in [-0.3, -0.25) is 4.84 Å². The molecule has 4 heteroatoms. The number of thioether (sulfide) groups is 1. The lowest BCUT2D eigenvalue weighted by Gasteiger charge is -2.08. The standard InChI is InChI=1S/C8H10FNOS/c9-6-8(11-10)12-7-4-2-1-3-5-7/h1-5,8H,6,10H2. The molecule has 1 aromatic carbocycles. The molecule has 1 rings (SSSR count). The van der Waals surface area contributed by atoms with Gasteiger partial charge in [-0.15, -0.1) is 0 Å². The van der Waals surface area contributed by atoms with E-state index in [1.807, 2.05) is 30.3 Å². The summed E-state index contributed by atoms with van der Waals surface area (Å²) in [6.45, 7) is -0.587. The average Bonchev–Trinajstić information content (AvgIpc) is 2.16. The maximum atomic E-state index is 12.1. The number of halogens is 1. The van der Waals surface area contributed by atoms with Gasteiger partial charge in [0.2, 0.25) is 0 Å². The number of nitrogens with two attached hydrogens (primary N) is 1. The second kappa shape index (κ2) is 5.13. The summed E-state index contributed by atoms with van der Waals surface area (Å²) in [5.74, 6) is 4.87. The van der Waals surface area contributed by atoms with Crippen molar-refractivity contribution in [3.63, 3.8) is 0 Å². The number of rotatable bonds is 4. The Hall–Kier alpha value is -0.580. The highest BCUT2D eigenvalue weighted by Crippen LogP contribution is 2.22. The predicted molar refractivity (Wildman–Crippen MR) is 47.3 cm³/mol. The molecule has 0 aliphatic carbocycles. The summed E-state index contributed by atoms with van der Waals surface area (Å²) in [7, 11) is 0. The Morgan fingerprint density at radius 3 is 2.58 bits per heavy atom. The highest BCUT2D eigenvalue weighted by molar-refractivity contribution is 7.99. The first-order chi connectivity index (χ1) is 5.86. The molecular formula is C8H10FNOS. The van der Waals surface area contributed by atoms with Gasteiger partial charge in [-0.05, 0) is 12.1 Å². The van der Waals surface area contributed by atoms with E-state index in [0.29, 0.717) is 0 Å². The molecular weight excluding hydrogens is 177 g/mol. The maximum Gasteiger partial charge on any atom is 0.157 e. The van der Waals surface area contributed by atoms with Gasteiger partial charge in [0.25, 0.3) is 0 Å². The maximum absolute atomic E-state index is 12.1. The summed E-state index contributed by atoms with van der Waals surface area (Å²) in [5, 5.41) is 0. The van der Waals surface area contributed by atoms with Crippen LogP contribution in [0.4, 0.5) is 4.39 Å². The molecule has 0 aliphatic rings. The Morgan fingerprint density at radius 2 is 2.08 bits per heavy atom. The van der Waals surface area contributed by atoms with Crippen LogP contribution in [0.5, 0.6) is 0 Å². The van der Waals surface area contributed by atoms with Crippen LogP contribution in [0.1, 0.15) is 0 Å². The zero-order valence-electron chi connectivity index (χ0n) is 6.44. The molecule has 66 valence electrons. The summed E-state index contributed by atoms with van der Waals surface area (Å²) in [5.41, 5.74) is -0.604. The molecule has 2 N–H and O–H groups in total. The monoisotopic (exact) mass is 187 g/mol. The van der Waals surface area contributed by atoms with E-state index < -0.39 is 12.1 Å². The van der Waals surface area contributed by atoms with Crippen LogP contribution in [0.2, 0.25) is 0 Å². The van der Waals surface area contributed by atoms with Crippen molar-refractivity contribution in [2.24, 2.45) is 5.90 Å². The van der Waals surface area contributed by atoms with Gasteiger partial charge in [0, 0.05) is 4.90 Å². The zero-order valence-corrected chi connectivity index (χ0v) is 7.26. The lowest BCUT2D eigenvalue weighted by atomic mass is 10.4. The normalized spacial score (nSPS) is 12.8. The number of hydrogen-bond acceptors (Lipinski definition) is 3. The second-order valence-electron chi connectivity index (χ2n) is 2.15. The van der Waals surface area contributed by atoms with E-state index >= 15 is 0 Å². The van der Waals surface area contributed by atoms with E-state index in [4.69, 9.17) is 5.90 Å². The van der Waals surface area contributed by atoms with Gasteiger partial charge in [-0.25, -0.2) is 10.3 Å². The van der Waals surface area contributed by atoms with E-state index in [0.717, 1.165) is 4.90 Å². The molecule has 1 aromatic rings. The Morgan fingerprint density at radius 1 is 1.42 bits per heavy atom. The predicted octanol–water partition coefficient (Wildman–Crippen LogP) is 1.96. The zero-order chi connectivity index (χ0) is 8.81. The largest absolute Gasteiger partial charge is 0.287 e. The minimum absolute atomic E-state index is 0.587. The molecule has 0 saturated heterocycles. The minimum atomic E-state index is -0.604. The molecule has 0 fully saturated rings. The third-order valence-electron chi connectivity index (χ3n) is 1.29. The molecule has 0 amide bonds. The highest BCUT2D eigenvalue weighted by atomic mass is 32.2. The smallest absolute Gasteiger partial charge is 0.157 e. The Labute approximate surface area is 74.9 Å². The first-order valence-electron chi connectivity index (χ1n) is 3.50. The summed E-state index contributed by atoms with van der Waals surface area (Å²) >= 11 is 1.27. The molecule has 0 aliphatic heterocycles. The molecule has 1 unspecified atom stereocenters. The van der Waals surface area contributed by atoms with Gasteiger partial charge in [-0.1, -0.05) is 30.0 Å². The van der Waals surface area contributed by atoms with Crippen molar-refractivity contribution in [1.82, 2.24) is 0 Å². The molecule has 2 nitrogen and oxygen atoms in total. The van der Waals surface area contributed by atoms with Crippen molar-refractivity contribution in [3.05, 3.63) is 30.3 Å². The first-order valence-corrected chi connectivity index (χ1v) is 4.38. The van der Waals surface area contributed by atoms with E-state index in [-0.39, 0.29) is 0 Å². The van der Waals surface area contributed by atoms with Crippen LogP contribution < -0.4 is 5.90 Å². The Bertz CT molecular complexity index is 216. The number of alkyl halides is 1. The van der Waals surface area contributed by atoms with Gasteiger partial charge >= 0.3 is 0 Å². The van der Waals surface area contributed by atoms with Crippen LogP contribution in [0.3, 0.4) is 0 Å². The molecule has 0 radical (unpaired) electrons. The van der Waals surface area contributed by atoms with Crippen molar-refractivity contribution in [1.29, 1.82) is 0 Å². The fourth-order valence-electron chi connectivity index (χ4n) is 0.746. The van der Waals surface area contributed by atoms with Crippen LogP contribution in [0.25, 0.3) is 0 Å². The van der Waals surface area contributed by atoms with Crippen LogP contribution in [-0.4, -0.2) is 12.1 Å². The topological polar surface area (TPSA) is 35.2 Å². The van der Waals surface area contributed by atoms with Crippen LogP contribution in [-0.2, 0) is 4.84 Å². The van der Waals surface area contributed by atoms with Gasteiger partial charge < -0.3 is 0 Å². The molecule has 0 heterocycles. The van der Waals surface area contributed by atoms with Gasteiger partial charge in [0.1, 0.15) is 6.67 Å². The second-order valence-corrected chi connectivity index (χ2v) is 3.38. The molecule has 0 spiro atoms. The SMILES string of the molecule is NOC(CF)Sc1ccccc1. The third-order valence-corrected chi connectivity index (χ3v) is 2.33. The van der Waals surface area contributed by atoms with Crippen molar-refractivity contribution in [2.75, 3.05) is 6.67 Å². The molecule has 0 bridgehead atoms. The lowest BCUT2D eigenvalue weighted by Crippen LogP contribution is -2.15. The quantitative estimate of drug-likeness (QED) is 0.444. The number of benzene rings is 1. The van der Waals surface area contributed by atoms with Crippen molar-refractivity contribution >= 4 is 11.8 Å². The summed E-state index contributed by atoms with van der Waals surface area (Å²) < 4.78 is 12.1. The molecule has 0 aromatic heterocycles. The van der Waals surface area contributed by atoms with Gasteiger partial charge in [0.05, 0.1) is 0 Å². The summed E-state index contributed by atoms with van der Waals surface area (Å²) in [6.07, 6.45) is 0. The Balaban J connectivity index is 2.51. The van der Waals surface area contributed by atoms with Crippen LogP contribution in [0, 0.1) is 0 Å². The van der Waals surface area contributed by atoms with Crippen LogP contribution in [0.15, 0.2) is 35.2 Å². The van der Waals surface area contributed by atoms with Gasteiger partial charge in [0.15, 0.2) is 5.44 Å². The van der Waals surface area contributed by atoms with E-state index in [9.17, 15) is 4.39 Å². The van der Waals surface area contributed by atoms with Crippen molar-refractivity contribution in [2.45, 2.75) is 10.3 Å². The van der Waals surface area contributed by atoms with Crippen molar-refractivity contribution < 1.29 is 9.23 Å². The lowest BCUT2D eigenvalue weighted by molar-refractivity contribution is 0.0961. The average molecular weight is 187 g/mol. The minimum Gasteiger partial charge on any atom is -0.287 e. The van der Waals surface area contributed by atoms with Crippen molar-refractivity contribution in [3.8, 4) is 0 Å². The van der Waals surface area contributed by atoms with E-state index in [2.05, 4.69) is 4.84 Å². The number of hydrogen-bond donors (Lipinski definition) is 1. The molecule has 1 atom stereocenters. The highest BCUT2D eigenvalue weighted by Gasteiger charge is 2.08. The fourth-order valence-corrected chi connectivity index (χ4v) is 1.48. The van der Waals surface area contributed by atoms with Gasteiger partial charge in [-0.2, -0.15) is 0 Å². The Kier molecular flexibility index (Phi) is 4.07.